The standard InChI is InChI=1S/C25H30N6O2/c32-22(30-13-3-4-14-30)17-7-9-19(10-8-17)28-24-27-16-18-15-25(11-12-26-23(25)33)31(21(18)29-24)20-5-1-2-6-20/h7-10,16,20H,1-6,11-15H2,(H,26,33)(H,27,28,29). The highest BCUT2D eigenvalue weighted by molar-refractivity contribution is 5.95. The smallest absolute Gasteiger partial charge is 0.253 e. The first-order valence-corrected chi connectivity index (χ1v) is 12.2. The van der Waals surface area contributed by atoms with Crippen LogP contribution in [-0.2, 0) is 11.2 Å². The molecule has 1 aromatic heterocycles. The van der Waals surface area contributed by atoms with Crippen LogP contribution in [0.5, 0.6) is 0 Å². The summed E-state index contributed by atoms with van der Waals surface area (Å²) >= 11 is 0. The van der Waals surface area contributed by atoms with E-state index in [4.69, 9.17) is 4.98 Å². The van der Waals surface area contributed by atoms with Crippen LogP contribution in [0, 0.1) is 0 Å². The van der Waals surface area contributed by atoms with Gasteiger partial charge in [-0.25, -0.2) is 4.98 Å². The molecule has 0 bridgehead atoms. The number of carbonyl (C=O) groups excluding carboxylic acids is 2. The predicted molar refractivity (Wildman–Crippen MR) is 126 cm³/mol. The number of fused-ring (bicyclic) bond motifs is 1. The van der Waals surface area contributed by atoms with Crippen molar-refractivity contribution in [2.24, 2.45) is 0 Å². The lowest BCUT2D eigenvalue weighted by Gasteiger charge is -2.38. The van der Waals surface area contributed by atoms with Gasteiger partial charge in [-0.1, -0.05) is 12.8 Å². The second-order valence-corrected chi connectivity index (χ2v) is 9.77. The lowest BCUT2D eigenvalue weighted by Crippen LogP contribution is -2.56. The third-order valence-corrected chi connectivity index (χ3v) is 7.73. The van der Waals surface area contributed by atoms with Gasteiger partial charge in [-0.05, 0) is 56.4 Å². The van der Waals surface area contributed by atoms with E-state index in [0.29, 0.717) is 24.0 Å². The van der Waals surface area contributed by atoms with E-state index in [1.807, 2.05) is 35.4 Å². The molecule has 1 saturated carbocycles. The van der Waals surface area contributed by atoms with Gasteiger partial charge in [0.15, 0.2) is 0 Å². The predicted octanol–water partition coefficient (Wildman–Crippen LogP) is 3.02. The zero-order valence-electron chi connectivity index (χ0n) is 18.8. The molecule has 2 saturated heterocycles. The van der Waals surface area contributed by atoms with Crippen LogP contribution < -0.4 is 15.5 Å². The molecule has 1 aromatic carbocycles. The molecule has 1 unspecified atom stereocenters. The number of hydrogen-bond donors (Lipinski definition) is 2. The fourth-order valence-corrected chi connectivity index (χ4v) is 6.07. The molecule has 172 valence electrons. The van der Waals surface area contributed by atoms with Crippen LogP contribution >= 0.6 is 0 Å². The number of carbonyl (C=O) groups is 2. The van der Waals surface area contributed by atoms with Gasteiger partial charge in [-0.15, -0.1) is 0 Å². The van der Waals surface area contributed by atoms with E-state index < -0.39 is 5.54 Å². The van der Waals surface area contributed by atoms with Gasteiger partial charge in [0.25, 0.3) is 5.91 Å². The second kappa shape index (κ2) is 8.01. The minimum atomic E-state index is -0.512. The number of hydrogen-bond acceptors (Lipinski definition) is 6. The van der Waals surface area contributed by atoms with Crippen molar-refractivity contribution in [3.8, 4) is 0 Å². The summed E-state index contributed by atoms with van der Waals surface area (Å²) < 4.78 is 0. The van der Waals surface area contributed by atoms with E-state index in [1.165, 1.54) is 12.8 Å². The molecule has 3 aliphatic heterocycles. The van der Waals surface area contributed by atoms with Gasteiger partial charge in [0.2, 0.25) is 11.9 Å². The largest absolute Gasteiger partial charge is 0.354 e. The second-order valence-electron chi connectivity index (χ2n) is 9.77. The van der Waals surface area contributed by atoms with Gasteiger partial charge in [0.05, 0.1) is 0 Å². The lowest BCUT2D eigenvalue weighted by molar-refractivity contribution is -0.123. The van der Waals surface area contributed by atoms with Crippen molar-refractivity contribution >= 4 is 29.3 Å². The van der Waals surface area contributed by atoms with Gasteiger partial charge in [-0.2, -0.15) is 4.98 Å². The van der Waals surface area contributed by atoms with Gasteiger partial charge < -0.3 is 20.4 Å². The van der Waals surface area contributed by atoms with Crippen LogP contribution in [0.2, 0.25) is 0 Å². The Morgan fingerprint density at radius 2 is 1.85 bits per heavy atom. The molecule has 4 heterocycles. The summed E-state index contributed by atoms with van der Waals surface area (Å²) in [5.74, 6) is 1.64. The molecule has 2 amide bonds. The topological polar surface area (TPSA) is 90.5 Å². The molecule has 6 rings (SSSR count). The molecular formula is C25H30N6O2. The maximum absolute atomic E-state index is 12.9. The minimum absolute atomic E-state index is 0.0974. The molecule has 1 spiro atoms. The van der Waals surface area contributed by atoms with Crippen LogP contribution in [0.1, 0.15) is 60.9 Å². The van der Waals surface area contributed by atoms with Crippen LogP contribution in [0.25, 0.3) is 0 Å². The highest BCUT2D eigenvalue weighted by Gasteiger charge is 2.55. The summed E-state index contributed by atoms with van der Waals surface area (Å²) in [6.07, 6.45) is 10.1. The van der Waals surface area contributed by atoms with Crippen molar-refractivity contribution in [1.29, 1.82) is 0 Å². The first-order chi connectivity index (χ1) is 16.1. The number of amides is 2. The molecule has 1 atom stereocenters. The summed E-state index contributed by atoms with van der Waals surface area (Å²) in [6.45, 7) is 2.41. The Kier molecular flexibility index (Phi) is 4.96. The quantitative estimate of drug-likeness (QED) is 0.750. The molecule has 33 heavy (non-hydrogen) atoms. The van der Waals surface area contributed by atoms with E-state index in [9.17, 15) is 9.59 Å². The Balaban J connectivity index is 1.25. The van der Waals surface area contributed by atoms with Crippen LogP contribution in [0.4, 0.5) is 17.5 Å². The highest BCUT2D eigenvalue weighted by atomic mass is 16.2. The van der Waals surface area contributed by atoms with Crippen LogP contribution in [0.3, 0.4) is 0 Å². The zero-order chi connectivity index (χ0) is 22.4. The number of nitrogens with zero attached hydrogens (tertiary/aromatic N) is 4. The molecule has 8 nitrogen and oxygen atoms in total. The summed E-state index contributed by atoms with van der Waals surface area (Å²) in [6, 6.07) is 7.88. The molecule has 0 radical (unpaired) electrons. The third kappa shape index (κ3) is 3.43. The minimum Gasteiger partial charge on any atom is -0.354 e. The van der Waals surface area contributed by atoms with E-state index in [-0.39, 0.29) is 11.8 Å². The summed E-state index contributed by atoms with van der Waals surface area (Å²) in [7, 11) is 0. The summed E-state index contributed by atoms with van der Waals surface area (Å²) in [5, 5.41) is 6.35. The fraction of sp³-hybridized carbons (Fsp3) is 0.520. The van der Waals surface area contributed by atoms with Crippen molar-refractivity contribution < 1.29 is 9.59 Å². The fourth-order valence-electron chi connectivity index (χ4n) is 6.07. The Bertz CT molecular complexity index is 1070. The van der Waals surface area contributed by atoms with Crippen molar-refractivity contribution in [1.82, 2.24) is 20.2 Å². The highest BCUT2D eigenvalue weighted by Crippen LogP contribution is 2.46. The van der Waals surface area contributed by atoms with Crippen LogP contribution in [-0.4, -0.2) is 57.9 Å². The maximum atomic E-state index is 12.9. The van der Waals surface area contributed by atoms with Crippen molar-refractivity contribution in [3.05, 3.63) is 41.6 Å². The molecule has 1 aliphatic carbocycles. The number of anilines is 3. The Morgan fingerprint density at radius 1 is 1.09 bits per heavy atom. The summed E-state index contributed by atoms with van der Waals surface area (Å²) in [4.78, 5) is 39.2. The molecule has 2 N–H and O–H groups in total. The normalized spacial score (nSPS) is 24.5. The number of benzene rings is 1. The van der Waals surface area contributed by atoms with E-state index in [0.717, 1.165) is 68.8 Å². The first kappa shape index (κ1) is 20.4. The molecule has 8 heteroatoms. The lowest BCUT2D eigenvalue weighted by atomic mass is 9.91. The van der Waals surface area contributed by atoms with E-state index in [1.54, 1.807) is 0 Å². The number of aromatic nitrogens is 2. The van der Waals surface area contributed by atoms with Gasteiger partial charge in [0.1, 0.15) is 11.4 Å². The van der Waals surface area contributed by atoms with Gasteiger partial charge in [0, 0.05) is 55.1 Å². The molecular weight excluding hydrogens is 416 g/mol. The average Bonchev–Trinajstić information content (AvgIpc) is 3.62. The van der Waals surface area contributed by atoms with Crippen molar-refractivity contribution in [3.63, 3.8) is 0 Å². The molecule has 3 fully saturated rings. The van der Waals surface area contributed by atoms with E-state index >= 15 is 0 Å². The number of nitrogens with one attached hydrogen (secondary N) is 2. The maximum Gasteiger partial charge on any atom is 0.253 e. The Labute approximate surface area is 193 Å². The Hall–Kier alpha value is -3.16. The monoisotopic (exact) mass is 446 g/mol. The van der Waals surface area contributed by atoms with Crippen LogP contribution in [0.15, 0.2) is 30.5 Å². The number of likely N-dealkylation sites (tertiary alicyclic amines) is 1. The summed E-state index contributed by atoms with van der Waals surface area (Å²) in [5.41, 5.74) is 2.09. The number of rotatable bonds is 4. The van der Waals surface area contributed by atoms with Crippen molar-refractivity contribution in [2.45, 2.75) is 62.9 Å². The third-order valence-electron chi connectivity index (χ3n) is 7.73. The zero-order valence-corrected chi connectivity index (χ0v) is 18.8. The van der Waals surface area contributed by atoms with Crippen molar-refractivity contribution in [2.75, 3.05) is 29.9 Å². The van der Waals surface area contributed by atoms with Gasteiger partial charge in [-0.3, -0.25) is 9.59 Å². The first-order valence-electron chi connectivity index (χ1n) is 12.2. The van der Waals surface area contributed by atoms with Gasteiger partial charge >= 0.3 is 0 Å². The van der Waals surface area contributed by atoms with E-state index in [2.05, 4.69) is 20.5 Å². The molecule has 4 aliphatic rings. The Morgan fingerprint density at radius 3 is 2.55 bits per heavy atom. The average molecular weight is 447 g/mol. The molecule has 2 aromatic rings. The SMILES string of the molecule is O=C(c1ccc(Nc2ncc3c(n2)N(C2CCCC2)C2(CCNC2=O)C3)cc1)N1CCCC1.